The standard InChI is InChI=1S/C10H13N5O2/c1-11-7-6-15-4-3-12-10(15)9(14-7)13-5-8(16)17-2/h3-4,6,11H,5H2,1-2H3,(H,13,14). The minimum Gasteiger partial charge on any atom is -0.468 e. The van der Waals surface area contributed by atoms with Crippen molar-refractivity contribution < 1.29 is 9.53 Å². The fraction of sp³-hybridized carbons (Fsp3) is 0.300. The Hall–Kier alpha value is -2.31. The van der Waals surface area contributed by atoms with Crippen LogP contribution in [0.2, 0.25) is 0 Å². The van der Waals surface area contributed by atoms with Crippen molar-refractivity contribution in [3.8, 4) is 0 Å². The molecule has 0 atom stereocenters. The number of carbonyl (C=O) groups is 1. The number of esters is 1. The van der Waals surface area contributed by atoms with Crippen LogP contribution in [0.5, 0.6) is 0 Å². The van der Waals surface area contributed by atoms with Gasteiger partial charge in [0.25, 0.3) is 0 Å². The minimum absolute atomic E-state index is 0.0547. The highest BCUT2D eigenvalue weighted by molar-refractivity contribution is 5.77. The van der Waals surface area contributed by atoms with E-state index in [1.165, 1.54) is 7.11 Å². The first kappa shape index (κ1) is 11.2. The monoisotopic (exact) mass is 235 g/mol. The molecule has 90 valence electrons. The Morgan fingerprint density at radius 1 is 1.59 bits per heavy atom. The molecule has 0 saturated heterocycles. The second-order valence-electron chi connectivity index (χ2n) is 3.31. The fourth-order valence-corrected chi connectivity index (χ4v) is 1.40. The molecule has 2 heterocycles. The number of anilines is 2. The van der Waals surface area contributed by atoms with Crippen LogP contribution in [0.3, 0.4) is 0 Å². The molecular weight excluding hydrogens is 222 g/mol. The molecular formula is C10H13N5O2. The molecule has 0 bridgehead atoms. The van der Waals surface area contributed by atoms with E-state index in [2.05, 4.69) is 25.3 Å². The summed E-state index contributed by atoms with van der Waals surface area (Å²) in [5.74, 6) is 0.862. The molecule has 0 aromatic carbocycles. The van der Waals surface area contributed by atoms with Gasteiger partial charge < -0.3 is 19.8 Å². The molecule has 0 unspecified atom stereocenters. The minimum atomic E-state index is -0.355. The van der Waals surface area contributed by atoms with Crippen LogP contribution in [0.15, 0.2) is 18.6 Å². The van der Waals surface area contributed by atoms with Gasteiger partial charge in [-0.25, -0.2) is 9.97 Å². The van der Waals surface area contributed by atoms with Crippen molar-refractivity contribution in [2.75, 3.05) is 31.3 Å². The van der Waals surface area contributed by atoms with Crippen LogP contribution in [0.1, 0.15) is 0 Å². The zero-order valence-corrected chi connectivity index (χ0v) is 9.60. The molecule has 2 N–H and O–H groups in total. The van der Waals surface area contributed by atoms with E-state index in [4.69, 9.17) is 0 Å². The van der Waals surface area contributed by atoms with Crippen LogP contribution in [0.25, 0.3) is 5.65 Å². The Bertz CT molecular complexity index is 536. The van der Waals surface area contributed by atoms with Gasteiger partial charge in [0.15, 0.2) is 11.5 Å². The zero-order valence-electron chi connectivity index (χ0n) is 9.60. The van der Waals surface area contributed by atoms with Crippen molar-refractivity contribution in [2.24, 2.45) is 0 Å². The second kappa shape index (κ2) is 4.69. The van der Waals surface area contributed by atoms with Crippen molar-refractivity contribution in [1.29, 1.82) is 0 Å². The van der Waals surface area contributed by atoms with Crippen molar-refractivity contribution in [3.05, 3.63) is 18.6 Å². The number of carbonyl (C=O) groups excluding carboxylic acids is 1. The third-order valence-electron chi connectivity index (χ3n) is 2.26. The van der Waals surface area contributed by atoms with Gasteiger partial charge in [0.05, 0.1) is 13.3 Å². The molecule has 0 spiro atoms. The highest BCUT2D eigenvalue weighted by atomic mass is 16.5. The molecule has 0 radical (unpaired) electrons. The van der Waals surface area contributed by atoms with Gasteiger partial charge in [0.2, 0.25) is 0 Å². The van der Waals surface area contributed by atoms with Crippen LogP contribution < -0.4 is 10.6 Å². The van der Waals surface area contributed by atoms with E-state index in [1.54, 1.807) is 19.4 Å². The first-order valence-electron chi connectivity index (χ1n) is 5.06. The summed E-state index contributed by atoms with van der Waals surface area (Å²) >= 11 is 0. The molecule has 17 heavy (non-hydrogen) atoms. The first-order chi connectivity index (χ1) is 8.24. The molecule has 0 amide bonds. The number of hydrogen-bond acceptors (Lipinski definition) is 6. The maximum Gasteiger partial charge on any atom is 0.325 e. The molecule has 0 saturated carbocycles. The number of ether oxygens (including phenoxy) is 1. The van der Waals surface area contributed by atoms with Crippen LogP contribution >= 0.6 is 0 Å². The molecule has 7 nitrogen and oxygen atoms in total. The summed E-state index contributed by atoms with van der Waals surface area (Å²) in [6.07, 6.45) is 5.28. The maximum atomic E-state index is 11.1. The summed E-state index contributed by atoms with van der Waals surface area (Å²) in [7, 11) is 3.11. The van der Waals surface area contributed by atoms with E-state index >= 15 is 0 Å². The van der Waals surface area contributed by atoms with Crippen LogP contribution in [-0.4, -0.2) is 41.0 Å². The lowest BCUT2D eigenvalue weighted by atomic mass is 10.5. The Morgan fingerprint density at radius 3 is 3.12 bits per heavy atom. The van der Waals surface area contributed by atoms with Crippen molar-refractivity contribution in [1.82, 2.24) is 14.4 Å². The molecule has 7 heteroatoms. The Balaban J connectivity index is 2.30. The quantitative estimate of drug-likeness (QED) is 0.744. The first-order valence-corrected chi connectivity index (χ1v) is 5.06. The molecule has 2 aromatic rings. The molecule has 0 aliphatic carbocycles. The summed E-state index contributed by atoms with van der Waals surface area (Å²) in [4.78, 5) is 19.5. The van der Waals surface area contributed by atoms with Crippen molar-refractivity contribution >= 4 is 23.3 Å². The Labute approximate surface area is 97.8 Å². The average molecular weight is 235 g/mol. The third-order valence-corrected chi connectivity index (χ3v) is 2.26. The average Bonchev–Trinajstić information content (AvgIpc) is 2.83. The molecule has 0 aliphatic rings. The van der Waals surface area contributed by atoms with Crippen LogP contribution in [-0.2, 0) is 9.53 Å². The lowest BCUT2D eigenvalue weighted by Crippen LogP contribution is -2.16. The number of hydrogen-bond donors (Lipinski definition) is 2. The zero-order chi connectivity index (χ0) is 12.3. The topological polar surface area (TPSA) is 80.5 Å². The normalized spacial score (nSPS) is 10.2. The highest BCUT2D eigenvalue weighted by Crippen LogP contribution is 2.15. The van der Waals surface area contributed by atoms with E-state index in [0.29, 0.717) is 17.3 Å². The van der Waals surface area contributed by atoms with Gasteiger partial charge in [-0.1, -0.05) is 0 Å². The van der Waals surface area contributed by atoms with Gasteiger partial charge in [-0.15, -0.1) is 0 Å². The largest absolute Gasteiger partial charge is 0.468 e. The number of fused-ring (bicyclic) bond motifs is 1. The number of rotatable bonds is 4. The number of imidazole rings is 1. The van der Waals surface area contributed by atoms with E-state index in [1.807, 2.05) is 10.6 Å². The SMILES string of the molecule is CNc1cn2ccnc2c(NCC(=O)OC)n1. The van der Waals surface area contributed by atoms with Crippen LogP contribution in [0.4, 0.5) is 11.6 Å². The summed E-state index contributed by atoms with van der Waals surface area (Å²) in [6.45, 7) is 0.0547. The number of nitrogens with one attached hydrogen (secondary N) is 2. The molecule has 0 aliphatic heterocycles. The van der Waals surface area contributed by atoms with E-state index in [-0.39, 0.29) is 12.5 Å². The van der Waals surface area contributed by atoms with E-state index in [9.17, 15) is 4.79 Å². The smallest absolute Gasteiger partial charge is 0.325 e. The second-order valence-corrected chi connectivity index (χ2v) is 3.31. The summed E-state index contributed by atoms with van der Waals surface area (Å²) in [5, 5.41) is 5.83. The number of methoxy groups -OCH3 is 1. The number of aromatic nitrogens is 3. The van der Waals surface area contributed by atoms with Crippen molar-refractivity contribution in [3.63, 3.8) is 0 Å². The third kappa shape index (κ3) is 2.27. The number of nitrogens with zero attached hydrogens (tertiary/aromatic N) is 3. The highest BCUT2D eigenvalue weighted by Gasteiger charge is 2.08. The maximum absolute atomic E-state index is 11.1. The molecule has 2 rings (SSSR count). The predicted octanol–water partition coefficient (Wildman–Crippen LogP) is 0.356. The van der Waals surface area contributed by atoms with Gasteiger partial charge in [0.1, 0.15) is 12.4 Å². The van der Waals surface area contributed by atoms with Gasteiger partial charge in [-0.3, -0.25) is 4.79 Å². The lowest BCUT2D eigenvalue weighted by Gasteiger charge is -2.08. The van der Waals surface area contributed by atoms with E-state index < -0.39 is 0 Å². The van der Waals surface area contributed by atoms with Crippen molar-refractivity contribution in [2.45, 2.75) is 0 Å². The van der Waals surface area contributed by atoms with Crippen LogP contribution in [0, 0.1) is 0 Å². The Morgan fingerprint density at radius 2 is 2.41 bits per heavy atom. The summed E-state index contributed by atoms with van der Waals surface area (Å²) in [5.41, 5.74) is 0.660. The fourth-order valence-electron chi connectivity index (χ4n) is 1.40. The van der Waals surface area contributed by atoms with Gasteiger partial charge in [-0.2, -0.15) is 0 Å². The summed E-state index contributed by atoms with van der Waals surface area (Å²) < 4.78 is 6.37. The van der Waals surface area contributed by atoms with E-state index in [0.717, 1.165) is 0 Å². The lowest BCUT2D eigenvalue weighted by molar-refractivity contribution is -0.138. The predicted molar refractivity (Wildman–Crippen MR) is 63.0 cm³/mol. The Kier molecular flexibility index (Phi) is 3.08. The van der Waals surface area contributed by atoms with Gasteiger partial charge in [0, 0.05) is 19.4 Å². The molecule has 2 aromatic heterocycles. The molecule has 0 fully saturated rings. The van der Waals surface area contributed by atoms with Gasteiger partial charge >= 0.3 is 5.97 Å². The van der Waals surface area contributed by atoms with Gasteiger partial charge in [-0.05, 0) is 0 Å². The summed E-state index contributed by atoms with van der Waals surface area (Å²) in [6, 6.07) is 0.